The van der Waals surface area contributed by atoms with E-state index in [1.54, 1.807) is 6.07 Å². The Morgan fingerprint density at radius 1 is 0.852 bits per heavy atom. The van der Waals surface area contributed by atoms with Crippen LogP contribution in [0.15, 0.2) is 36.7 Å². The Balaban J connectivity index is 2.34. The summed E-state index contributed by atoms with van der Waals surface area (Å²) in [6.07, 6.45) is 2.95. The van der Waals surface area contributed by atoms with Crippen LogP contribution in [0.5, 0.6) is 0 Å². The summed E-state index contributed by atoms with van der Waals surface area (Å²) in [5.41, 5.74) is 3.77. The maximum Gasteiger partial charge on any atom is 0.257 e. The van der Waals surface area contributed by atoms with Crippen molar-refractivity contribution in [2.45, 2.75) is 59.4 Å². The van der Waals surface area contributed by atoms with Gasteiger partial charge in [0.05, 0.1) is 11.1 Å². The number of nitrogens with one attached hydrogen (secondary N) is 2. The number of pyridine rings is 1. The number of hydrogen-bond donors (Lipinski definition) is 2. The predicted octanol–water partition coefficient (Wildman–Crippen LogP) is 4.72. The molecule has 0 spiro atoms. The van der Waals surface area contributed by atoms with E-state index in [0.717, 1.165) is 16.8 Å². The summed E-state index contributed by atoms with van der Waals surface area (Å²) in [5, 5.41) is 5.87. The van der Waals surface area contributed by atoms with Crippen molar-refractivity contribution in [1.29, 1.82) is 0 Å². The van der Waals surface area contributed by atoms with Crippen LogP contribution in [-0.4, -0.2) is 22.8 Å². The third kappa shape index (κ3) is 5.16. The minimum absolute atomic E-state index is 0.0153. The predicted molar refractivity (Wildman–Crippen MR) is 109 cm³/mol. The topological polar surface area (TPSA) is 71.1 Å². The number of rotatable bonds is 6. The van der Waals surface area contributed by atoms with Gasteiger partial charge in [-0.15, -0.1) is 0 Å². The Morgan fingerprint density at radius 3 is 1.85 bits per heavy atom. The van der Waals surface area contributed by atoms with Gasteiger partial charge >= 0.3 is 0 Å². The molecule has 5 heteroatoms. The fraction of sp³-hybridized carbons (Fsp3) is 0.409. The van der Waals surface area contributed by atoms with Gasteiger partial charge in [-0.05, 0) is 42.9 Å². The molecular formula is C22H29N3O2. The molecule has 1 aromatic carbocycles. The lowest BCUT2D eigenvalue weighted by atomic mass is 9.92. The maximum atomic E-state index is 12.9. The highest BCUT2D eigenvalue weighted by Crippen LogP contribution is 2.32. The van der Waals surface area contributed by atoms with E-state index in [0.29, 0.717) is 11.1 Å². The van der Waals surface area contributed by atoms with Crippen LogP contribution in [0, 0.1) is 0 Å². The Bertz CT molecular complexity index is 800. The minimum atomic E-state index is -0.267. The average Bonchev–Trinajstić information content (AvgIpc) is 2.61. The summed E-state index contributed by atoms with van der Waals surface area (Å²) >= 11 is 0. The molecule has 1 aromatic heterocycles. The van der Waals surface area contributed by atoms with Crippen molar-refractivity contribution in [3.05, 3.63) is 58.9 Å². The highest BCUT2D eigenvalue weighted by molar-refractivity contribution is 6.06. The number of anilines is 1. The molecule has 0 atom stereocenters. The first kappa shape index (κ1) is 20.6. The molecule has 2 amide bonds. The first-order valence-electron chi connectivity index (χ1n) is 9.40. The largest absolute Gasteiger partial charge is 0.350 e. The Hall–Kier alpha value is -2.69. The molecule has 2 aromatic rings. The van der Waals surface area contributed by atoms with Crippen molar-refractivity contribution >= 4 is 17.5 Å². The standard InChI is InChI=1S/C22H29N3O2/c1-13(2)18-8-7-9-19(14(3)4)20(18)25-22(27)17-10-16(11-23-12-17)21(26)24-15(5)6/h7-15H,1-6H3,(H,24,26)(H,25,27). The van der Waals surface area contributed by atoms with Gasteiger partial charge in [-0.2, -0.15) is 0 Å². The van der Waals surface area contributed by atoms with Crippen molar-refractivity contribution in [2.75, 3.05) is 5.32 Å². The van der Waals surface area contributed by atoms with Crippen LogP contribution in [-0.2, 0) is 0 Å². The molecule has 144 valence electrons. The number of carbonyl (C=O) groups excluding carboxylic acids is 2. The van der Waals surface area contributed by atoms with Crippen LogP contribution >= 0.6 is 0 Å². The molecule has 5 nitrogen and oxygen atoms in total. The molecule has 0 unspecified atom stereocenters. The zero-order valence-electron chi connectivity index (χ0n) is 17.0. The van der Waals surface area contributed by atoms with Gasteiger partial charge in [0.15, 0.2) is 0 Å². The van der Waals surface area contributed by atoms with E-state index in [9.17, 15) is 9.59 Å². The molecule has 0 aliphatic heterocycles. The number of hydrogen-bond acceptors (Lipinski definition) is 3. The summed E-state index contributed by atoms with van der Waals surface area (Å²) in [5.74, 6) is 0.0508. The fourth-order valence-corrected chi connectivity index (χ4v) is 2.91. The normalized spacial score (nSPS) is 11.1. The Kier molecular flexibility index (Phi) is 6.72. The highest BCUT2D eigenvalue weighted by Gasteiger charge is 2.18. The van der Waals surface area contributed by atoms with Crippen LogP contribution in [0.25, 0.3) is 0 Å². The smallest absolute Gasteiger partial charge is 0.257 e. The van der Waals surface area contributed by atoms with Gasteiger partial charge < -0.3 is 10.6 Å². The summed E-state index contributed by atoms with van der Waals surface area (Å²) in [7, 11) is 0. The Labute approximate surface area is 161 Å². The quantitative estimate of drug-likeness (QED) is 0.776. The van der Waals surface area contributed by atoms with E-state index < -0.39 is 0 Å². The second-order valence-electron chi connectivity index (χ2n) is 7.67. The van der Waals surface area contributed by atoms with E-state index in [2.05, 4.69) is 43.3 Å². The van der Waals surface area contributed by atoms with Gasteiger partial charge in [0.25, 0.3) is 11.8 Å². The van der Waals surface area contributed by atoms with Crippen molar-refractivity contribution in [1.82, 2.24) is 10.3 Å². The molecule has 0 aliphatic carbocycles. The van der Waals surface area contributed by atoms with E-state index >= 15 is 0 Å². The highest BCUT2D eigenvalue weighted by atomic mass is 16.2. The first-order chi connectivity index (χ1) is 12.7. The number of para-hydroxylation sites is 1. The molecular weight excluding hydrogens is 338 g/mol. The van der Waals surface area contributed by atoms with Gasteiger partial charge in [0.1, 0.15) is 0 Å². The number of carbonyl (C=O) groups is 2. The second kappa shape index (κ2) is 8.80. The second-order valence-corrected chi connectivity index (χ2v) is 7.67. The van der Waals surface area contributed by atoms with E-state index in [1.165, 1.54) is 12.4 Å². The molecule has 0 saturated heterocycles. The molecule has 1 heterocycles. The van der Waals surface area contributed by atoms with Crippen LogP contribution < -0.4 is 10.6 Å². The van der Waals surface area contributed by atoms with Crippen LogP contribution in [0.4, 0.5) is 5.69 Å². The number of nitrogens with zero attached hydrogens (tertiary/aromatic N) is 1. The van der Waals surface area contributed by atoms with E-state index in [-0.39, 0.29) is 29.7 Å². The lowest BCUT2D eigenvalue weighted by molar-refractivity contribution is 0.0942. The maximum absolute atomic E-state index is 12.9. The average molecular weight is 367 g/mol. The van der Waals surface area contributed by atoms with Gasteiger partial charge in [-0.25, -0.2) is 0 Å². The van der Waals surface area contributed by atoms with E-state index in [1.807, 2.05) is 32.0 Å². The molecule has 0 bridgehead atoms. The molecule has 0 aliphatic rings. The van der Waals surface area contributed by atoms with Crippen molar-refractivity contribution < 1.29 is 9.59 Å². The summed E-state index contributed by atoms with van der Waals surface area (Å²) in [6, 6.07) is 7.70. The van der Waals surface area contributed by atoms with Gasteiger partial charge in [0, 0.05) is 24.1 Å². The van der Waals surface area contributed by atoms with Crippen LogP contribution in [0.2, 0.25) is 0 Å². The lowest BCUT2D eigenvalue weighted by Gasteiger charge is -2.20. The zero-order valence-corrected chi connectivity index (χ0v) is 17.0. The number of aromatic nitrogens is 1. The number of amides is 2. The van der Waals surface area contributed by atoms with Crippen molar-refractivity contribution in [3.63, 3.8) is 0 Å². The van der Waals surface area contributed by atoms with E-state index in [4.69, 9.17) is 0 Å². The third-order valence-electron chi connectivity index (χ3n) is 4.29. The molecule has 0 fully saturated rings. The molecule has 0 saturated carbocycles. The SMILES string of the molecule is CC(C)NC(=O)c1cncc(C(=O)Nc2c(C(C)C)cccc2C(C)C)c1. The lowest BCUT2D eigenvalue weighted by Crippen LogP contribution is -2.30. The molecule has 2 N–H and O–H groups in total. The molecule has 2 rings (SSSR count). The van der Waals surface area contributed by atoms with Gasteiger partial charge in [-0.3, -0.25) is 14.6 Å². The van der Waals surface area contributed by atoms with Crippen LogP contribution in [0.3, 0.4) is 0 Å². The summed E-state index contributed by atoms with van der Waals surface area (Å²) in [6.45, 7) is 12.2. The molecule has 0 radical (unpaired) electrons. The van der Waals surface area contributed by atoms with Crippen molar-refractivity contribution in [3.8, 4) is 0 Å². The summed E-state index contributed by atoms with van der Waals surface area (Å²) in [4.78, 5) is 29.1. The Morgan fingerprint density at radius 2 is 1.37 bits per heavy atom. The molecule has 27 heavy (non-hydrogen) atoms. The summed E-state index contributed by atoms with van der Waals surface area (Å²) < 4.78 is 0. The minimum Gasteiger partial charge on any atom is -0.350 e. The van der Waals surface area contributed by atoms with Gasteiger partial charge in [0.2, 0.25) is 0 Å². The first-order valence-corrected chi connectivity index (χ1v) is 9.40. The van der Waals surface area contributed by atoms with Crippen LogP contribution in [0.1, 0.15) is 85.2 Å². The monoisotopic (exact) mass is 367 g/mol. The third-order valence-corrected chi connectivity index (χ3v) is 4.29. The number of benzene rings is 1. The van der Waals surface area contributed by atoms with Crippen molar-refractivity contribution in [2.24, 2.45) is 0 Å². The fourth-order valence-electron chi connectivity index (χ4n) is 2.91. The van der Waals surface area contributed by atoms with Gasteiger partial charge in [-0.1, -0.05) is 45.9 Å². The zero-order chi connectivity index (χ0) is 20.1.